The first-order chi connectivity index (χ1) is 14.4. The third-order valence-electron chi connectivity index (χ3n) is 6.67. The number of ether oxygens (including phenoxy) is 2. The molecule has 32 heavy (non-hydrogen) atoms. The zero-order valence-electron chi connectivity index (χ0n) is 20.7. The summed E-state index contributed by atoms with van der Waals surface area (Å²) in [4.78, 5) is 37.0. The maximum Gasteiger partial charge on any atom is 0.321 e. The van der Waals surface area contributed by atoms with E-state index in [0.717, 1.165) is 0 Å². The monoisotopic (exact) mass is 456 g/mol. The summed E-state index contributed by atoms with van der Waals surface area (Å²) in [5.41, 5.74) is -2.49. The maximum absolute atomic E-state index is 12.9. The van der Waals surface area contributed by atoms with Crippen LogP contribution in [0.25, 0.3) is 0 Å². The fourth-order valence-corrected chi connectivity index (χ4v) is 5.40. The maximum atomic E-state index is 12.9. The summed E-state index contributed by atoms with van der Waals surface area (Å²) in [6.45, 7) is 14.8. The van der Waals surface area contributed by atoms with Gasteiger partial charge in [-0.25, -0.2) is 0 Å². The van der Waals surface area contributed by atoms with Crippen molar-refractivity contribution in [2.45, 2.75) is 122 Å². The fraction of sp³-hybridized carbons (Fsp3) is 0.870. The third-order valence-corrected chi connectivity index (χ3v) is 6.67. The Morgan fingerprint density at radius 2 is 1.06 bits per heavy atom. The third kappa shape index (κ3) is 5.68. The first kappa shape index (κ1) is 26.7. The molecule has 2 aliphatic heterocycles. The molecule has 2 fully saturated rings. The van der Waals surface area contributed by atoms with Crippen LogP contribution in [0.5, 0.6) is 0 Å². The zero-order chi connectivity index (χ0) is 24.7. The second-order valence-electron chi connectivity index (χ2n) is 11.8. The molecule has 0 atom stereocenters. The van der Waals surface area contributed by atoms with Crippen LogP contribution in [0.2, 0.25) is 0 Å². The van der Waals surface area contributed by atoms with E-state index in [1.54, 1.807) is 0 Å². The molecular weight excluding hydrogens is 416 g/mol. The van der Waals surface area contributed by atoms with Gasteiger partial charge in [0.05, 0.1) is 0 Å². The standard InChI is InChI=1S/C23H40N2O7/c1-20(2)11-15(12-21(3,4)24(20)29)31-18(27)17(9-10-26)19(28)32-16-13-22(5,6)25(30)23(7,8)14-16/h10,15-17,29-30H,9,11-14H2,1-8H3. The minimum atomic E-state index is -1.34. The quantitative estimate of drug-likeness (QED) is 0.353. The predicted octanol–water partition coefficient (Wildman–Crippen LogP) is 3.10. The lowest BCUT2D eigenvalue weighted by molar-refractivity contribution is -0.261. The van der Waals surface area contributed by atoms with E-state index in [2.05, 4.69) is 0 Å². The van der Waals surface area contributed by atoms with Crippen molar-refractivity contribution in [1.82, 2.24) is 10.1 Å². The Bertz CT molecular complexity index is 640. The Labute approximate surface area is 190 Å². The molecule has 0 aromatic carbocycles. The molecule has 9 nitrogen and oxygen atoms in total. The molecule has 0 aromatic heterocycles. The molecule has 0 bridgehead atoms. The van der Waals surface area contributed by atoms with Gasteiger partial charge in [-0.2, -0.15) is 10.1 Å². The molecule has 2 heterocycles. The molecule has 9 heteroatoms. The van der Waals surface area contributed by atoms with Crippen LogP contribution in [-0.4, -0.2) is 73.1 Å². The molecule has 0 aromatic rings. The van der Waals surface area contributed by atoms with Crippen molar-refractivity contribution in [1.29, 1.82) is 0 Å². The average molecular weight is 457 g/mol. The number of aldehydes is 1. The Morgan fingerprint density at radius 3 is 1.31 bits per heavy atom. The number of hydrogen-bond acceptors (Lipinski definition) is 9. The Hall–Kier alpha value is -1.55. The number of carbonyl (C=O) groups excluding carboxylic acids is 3. The van der Waals surface area contributed by atoms with Crippen molar-refractivity contribution in [3.8, 4) is 0 Å². The van der Waals surface area contributed by atoms with Crippen LogP contribution in [0.3, 0.4) is 0 Å². The highest BCUT2D eigenvalue weighted by Gasteiger charge is 2.49. The minimum Gasteiger partial charge on any atom is -0.462 e. The van der Waals surface area contributed by atoms with Crippen molar-refractivity contribution in [2.24, 2.45) is 5.92 Å². The zero-order valence-corrected chi connectivity index (χ0v) is 20.7. The van der Waals surface area contributed by atoms with E-state index in [0.29, 0.717) is 32.0 Å². The van der Waals surface area contributed by atoms with E-state index < -0.39 is 52.2 Å². The number of hydrogen-bond donors (Lipinski definition) is 2. The summed E-state index contributed by atoms with van der Waals surface area (Å²) in [7, 11) is 0. The highest BCUT2D eigenvalue weighted by atomic mass is 16.6. The SMILES string of the molecule is CC1(C)CC(OC(=O)C(CC=O)C(=O)OC2CC(C)(C)N(O)C(C)(C)C2)CC(C)(C)N1O. The van der Waals surface area contributed by atoms with Gasteiger partial charge < -0.3 is 24.7 Å². The summed E-state index contributed by atoms with van der Waals surface area (Å²) in [5, 5.41) is 23.4. The Morgan fingerprint density at radius 1 is 0.781 bits per heavy atom. The average Bonchev–Trinajstić information content (AvgIpc) is 2.60. The number of carbonyl (C=O) groups is 3. The summed E-state index contributed by atoms with van der Waals surface area (Å²) >= 11 is 0. The van der Waals surface area contributed by atoms with Gasteiger partial charge in [0.1, 0.15) is 18.5 Å². The number of rotatable bonds is 6. The van der Waals surface area contributed by atoms with Crippen molar-refractivity contribution < 1.29 is 34.3 Å². The highest BCUT2D eigenvalue weighted by Crippen LogP contribution is 2.39. The lowest BCUT2D eigenvalue weighted by atomic mass is 9.80. The van der Waals surface area contributed by atoms with E-state index in [4.69, 9.17) is 9.47 Å². The van der Waals surface area contributed by atoms with E-state index in [1.807, 2.05) is 55.4 Å². The van der Waals surface area contributed by atoms with Crippen LogP contribution in [0, 0.1) is 5.92 Å². The minimum absolute atomic E-state index is 0.324. The largest absolute Gasteiger partial charge is 0.462 e. The van der Waals surface area contributed by atoms with E-state index >= 15 is 0 Å². The van der Waals surface area contributed by atoms with Gasteiger partial charge in [0.25, 0.3) is 0 Å². The molecular formula is C23H40N2O7. The van der Waals surface area contributed by atoms with Crippen LogP contribution < -0.4 is 0 Å². The lowest BCUT2D eigenvalue weighted by Crippen LogP contribution is -2.61. The van der Waals surface area contributed by atoms with E-state index in [-0.39, 0.29) is 6.42 Å². The van der Waals surface area contributed by atoms with Crippen molar-refractivity contribution in [2.75, 3.05) is 0 Å². The van der Waals surface area contributed by atoms with Gasteiger partial charge in [0.15, 0.2) is 5.92 Å². The summed E-state index contributed by atoms with van der Waals surface area (Å²) < 4.78 is 11.3. The molecule has 2 aliphatic rings. The van der Waals surface area contributed by atoms with Crippen LogP contribution in [0.4, 0.5) is 0 Å². The number of nitrogens with zero attached hydrogens (tertiary/aromatic N) is 2. The number of piperidine rings is 2. The first-order valence-electron chi connectivity index (χ1n) is 11.3. The van der Waals surface area contributed by atoms with Gasteiger partial charge in [0.2, 0.25) is 0 Å². The molecule has 2 N–H and O–H groups in total. The van der Waals surface area contributed by atoms with E-state index in [1.165, 1.54) is 10.1 Å². The van der Waals surface area contributed by atoms with Gasteiger partial charge in [0, 0.05) is 54.3 Å². The first-order valence-corrected chi connectivity index (χ1v) is 11.3. The van der Waals surface area contributed by atoms with Crippen LogP contribution in [0.1, 0.15) is 87.5 Å². The molecule has 0 amide bonds. The van der Waals surface area contributed by atoms with Gasteiger partial charge in [-0.3, -0.25) is 9.59 Å². The van der Waals surface area contributed by atoms with Gasteiger partial charge in [-0.15, -0.1) is 0 Å². The Kier molecular flexibility index (Phi) is 7.51. The van der Waals surface area contributed by atoms with Gasteiger partial charge >= 0.3 is 11.9 Å². The van der Waals surface area contributed by atoms with Crippen molar-refractivity contribution in [3.63, 3.8) is 0 Å². The van der Waals surface area contributed by atoms with Gasteiger partial charge in [-0.1, -0.05) is 0 Å². The normalized spacial score (nSPS) is 26.0. The van der Waals surface area contributed by atoms with Crippen LogP contribution in [-0.2, 0) is 23.9 Å². The highest BCUT2D eigenvalue weighted by molar-refractivity contribution is 5.96. The number of esters is 2. The molecule has 0 aliphatic carbocycles. The molecule has 2 saturated heterocycles. The molecule has 2 rings (SSSR count). The summed E-state index contributed by atoms with van der Waals surface area (Å²) in [5.74, 6) is -2.92. The van der Waals surface area contributed by atoms with Gasteiger partial charge in [-0.05, 0) is 55.4 Å². The van der Waals surface area contributed by atoms with E-state index in [9.17, 15) is 24.8 Å². The Balaban J connectivity index is 2.10. The van der Waals surface area contributed by atoms with Crippen molar-refractivity contribution in [3.05, 3.63) is 0 Å². The molecule has 184 valence electrons. The summed E-state index contributed by atoms with van der Waals surface area (Å²) in [6, 6.07) is 0. The fourth-order valence-electron chi connectivity index (χ4n) is 5.40. The smallest absolute Gasteiger partial charge is 0.321 e. The number of hydroxylamine groups is 4. The topological polar surface area (TPSA) is 117 Å². The molecule has 0 saturated carbocycles. The molecule has 0 spiro atoms. The van der Waals surface area contributed by atoms with Crippen molar-refractivity contribution >= 4 is 18.2 Å². The summed E-state index contributed by atoms with van der Waals surface area (Å²) in [6.07, 6.45) is 0.730. The van der Waals surface area contributed by atoms with Crippen LogP contribution in [0.15, 0.2) is 0 Å². The second-order valence-corrected chi connectivity index (χ2v) is 11.8. The molecule has 0 unspecified atom stereocenters. The predicted molar refractivity (Wildman–Crippen MR) is 116 cm³/mol. The van der Waals surface area contributed by atoms with Crippen LogP contribution >= 0.6 is 0 Å². The molecule has 0 radical (unpaired) electrons. The second kappa shape index (κ2) is 9.00. The lowest BCUT2D eigenvalue weighted by Gasteiger charge is -2.51.